The van der Waals surface area contributed by atoms with Gasteiger partial charge in [-0.15, -0.1) is 0 Å². The third-order valence-electron chi connectivity index (χ3n) is 4.31. The highest BCUT2D eigenvalue weighted by Gasteiger charge is 2.22. The van der Waals surface area contributed by atoms with Crippen LogP contribution in [0.5, 0.6) is 5.75 Å². The molecule has 0 saturated carbocycles. The van der Waals surface area contributed by atoms with Gasteiger partial charge in [-0.1, -0.05) is 19.9 Å². The van der Waals surface area contributed by atoms with Gasteiger partial charge in [-0.25, -0.2) is 9.97 Å². The maximum atomic E-state index is 11.6. The summed E-state index contributed by atoms with van der Waals surface area (Å²) in [5, 5.41) is 7.33. The zero-order valence-corrected chi connectivity index (χ0v) is 14.0. The van der Waals surface area contributed by atoms with Gasteiger partial charge < -0.3 is 20.4 Å². The van der Waals surface area contributed by atoms with Crippen molar-refractivity contribution in [2.75, 3.05) is 17.2 Å². The number of rotatable bonds is 4. The fraction of sp³-hybridized carbons (Fsp3) is 0.278. The van der Waals surface area contributed by atoms with E-state index in [9.17, 15) is 4.79 Å². The molecule has 0 aliphatic carbocycles. The first-order valence-corrected chi connectivity index (χ1v) is 8.23. The van der Waals surface area contributed by atoms with Crippen LogP contribution in [0.3, 0.4) is 0 Å². The van der Waals surface area contributed by atoms with Gasteiger partial charge in [0.2, 0.25) is 0 Å². The topological polar surface area (TPSA) is 91.9 Å². The Bertz CT molecular complexity index is 934. The van der Waals surface area contributed by atoms with Crippen molar-refractivity contribution in [2.45, 2.75) is 19.9 Å². The lowest BCUT2D eigenvalue weighted by molar-refractivity contribution is -0.118. The van der Waals surface area contributed by atoms with Crippen LogP contribution in [0.1, 0.15) is 25.5 Å². The lowest BCUT2D eigenvalue weighted by Crippen LogP contribution is -2.26. The third-order valence-corrected chi connectivity index (χ3v) is 4.31. The Hall–Kier alpha value is -3.09. The summed E-state index contributed by atoms with van der Waals surface area (Å²) >= 11 is 0. The minimum atomic E-state index is -0.136. The number of ether oxygens (including phenoxy) is 1. The van der Waals surface area contributed by atoms with E-state index in [0.29, 0.717) is 17.4 Å². The smallest absolute Gasteiger partial charge is 0.262 e. The van der Waals surface area contributed by atoms with E-state index in [1.54, 1.807) is 6.33 Å². The highest BCUT2D eigenvalue weighted by molar-refractivity contribution is 5.95. The molecule has 7 heteroatoms. The van der Waals surface area contributed by atoms with E-state index >= 15 is 0 Å². The van der Waals surface area contributed by atoms with Gasteiger partial charge in [-0.2, -0.15) is 0 Å². The molecule has 0 saturated heterocycles. The number of carbonyl (C=O) groups is 1. The van der Waals surface area contributed by atoms with E-state index in [4.69, 9.17) is 4.74 Å². The fourth-order valence-electron chi connectivity index (χ4n) is 3.06. The molecular formula is C18H19N5O2. The highest BCUT2D eigenvalue weighted by Crippen LogP contribution is 2.34. The van der Waals surface area contributed by atoms with Crippen molar-refractivity contribution in [3.05, 3.63) is 42.4 Å². The molecule has 3 N–H and O–H groups in total. The molecule has 1 aliphatic rings. The third kappa shape index (κ3) is 2.88. The van der Waals surface area contributed by atoms with Crippen LogP contribution < -0.4 is 15.4 Å². The number of benzene rings is 1. The molecule has 1 atom stereocenters. The molecule has 4 rings (SSSR count). The van der Waals surface area contributed by atoms with E-state index in [0.717, 1.165) is 22.4 Å². The molecule has 2 aromatic heterocycles. The Morgan fingerprint density at radius 3 is 2.96 bits per heavy atom. The molecule has 3 heterocycles. The second-order valence-corrected chi connectivity index (χ2v) is 6.42. The zero-order chi connectivity index (χ0) is 17.4. The number of hydrogen-bond acceptors (Lipinski definition) is 5. The first-order chi connectivity index (χ1) is 12.1. The van der Waals surface area contributed by atoms with Gasteiger partial charge in [0, 0.05) is 6.20 Å². The first kappa shape index (κ1) is 15.4. The van der Waals surface area contributed by atoms with Crippen LogP contribution in [0.15, 0.2) is 36.8 Å². The fourth-order valence-corrected chi connectivity index (χ4v) is 3.06. The molecule has 3 aromatic rings. The van der Waals surface area contributed by atoms with Gasteiger partial charge in [0.25, 0.3) is 5.91 Å². The van der Waals surface area contributed by atoms with Gasteiger partial charge in [-0.05, 0) is 29.7 Å². The van der Waals surface area contributed by atoms with Crippen molar-refractivity contribution < 1.29 is 9.53 Å². The molecule has 128 valence electrons. The van der Waals surface area contributed by atoms with Crippen molar-refractivity contribution >= 4 is 28.4 Å². The number of nitrogens with one attached hydrogen (secondary N) is 3. The normalized spacial score (nSPS) is 14.8. The minimum Gasteiger partial charge on any atom is -0.482 e. The van der Waals surface area contributed by atoms with Crippen LogP contribution in [0.2, 0.25) is 0 Å². The molecule has 0 fully saturated rings. The van der Waals surface area contributed by atoms with Crippen LogP contribution in [0.25, 0.3) is 11.0 Å². The molecule has 0 bridgehead atoms. The van der Waals surface area contributed by atoms with E-state index in [1.807, 2.05) is 30.5 Å². The van der Waals surface area contributed by atoms with Crippen molar-refractivity contribution in [1.82, 2.24) is 15.0 Å². The SMILES string of the molecule is CC(C)[C@H](Nc1ncnc2[nH]ccc12)c1ccc2c(c1)NC(=O)CO2. The first-order valence-electron chi connectivity index (χ1n) is 8.23. The van der Waals surface area contributed by atoms with Gasteiger partial charge in [0.05, 0.1) is 17.1 Å². The van der Waals surface area contributed by atoms with E-state index < -0.39 is 0 Å². The second-order valence-electron chi connectivity index (χ2n) is 6.42. The standard InChI is InChI=1S/C18H19N5O2/c1-10(2)16(23-18-12-5-6-19-17(12)20-9-21-18)11-3-4-14-13(7-11)22-15(24)8-25-14/h3-7,9-10,16H,8H2,1-2H3,(H,22,24)(H2,19,20,21,23)/t16-/m0/s1. The number of fused-ring (bicyclic) bond motifs is 2. The average Bonchev–Trinajstić information content (AvgIpc) is 3.08. The van der Waals surface area contributed by atoms with Crippen LogP contribution in [0.4, 0.5) is 11.5 Å². The van der Waals surface area contributed by atoms with Crippen LogP contribution >= 0.6 is 0 Å². The maximum Gasteiger partial charge on any atom is 0.262 e. The van der Waals surface area contributed by atoms with Crippen LogP contribution in [-0.2, 0) is 4.79 Å². The Labute approximate surface area is 144 Å². The number of nitrogens with zero attached hydrogens (tertiary/aromatic N) is 2. The highest BCUT2D eigenvalue weighted by atomic mass is 16.5. The Balaban J connectivity index is 1.69. The summed E-state index contributed by atoms with van der Waals surface area (Å²) in [4.78, 5) is 23.3. The molecular weight excluding hydrogens is 318 g/mol. The Morgan fingerprint density at radius 1 is 1.24 bits per heavy atom. The van der Waals surface area contributed by atoms with Crippen LogP contribution in [-0.4, -0.2) is 27.5 Å². The molecule has 0 unspecified atom stereocenters. The summed E-state index contributed by atoms with van der Waals surface area (Å²) in [5.41, 5.74) is 2.56. The number of anilines is 2. The van der Waals surface area contributed by atoms with Crippen LogP contribution in [0, 0.1) is 5.92 Å². The summed E-state index contributed by atoms with van der Waals surface area (Å²) in [6.45, 7) is 4.34. The molecule has 1 aromatic carbocycles. The lowest BCUT2D eigenvalue weighted by atomic mass is 9.95. The lowest BCUT2D eigenvalue weighted by Gasteiger charge is -2.26. The number of hydrogen-bond donors (Lipinski definition) is 3. The number of aromatic amines is 1. The largest absolute Gasteiger partial charge is 0.482 e. The summed E-state index contributed by atoms with van der Waals surface area (Å²) in [5.74, 6) is 1.65. The van der Waals surface area contributed by atoms with E-state index in [-0.39, 0.29) is 18.6 Å². The van der Waals surface area contributed by atoms with Gasteiger partial charge >= 0.3 is 0 Å². The maximum absolute atomic E-state index is 11.6. The molecule has 1 aliphatic heterocycles. The molecule has 1 amide bonds. The van der Waals surface area contributed by atoms with E-state index in [2.05, 4.69) is 39.4 Å². The quantitative estimate of drug-likeness (QED) is 0.680. The number of amides is 1. The molecule has 0 radical (unpaired) electrons. The van der Waals surface area contributed by atoms with Crippen molar-refractivity contribution in [2.24, 2.45) is 5.92 Å². The number of carbonyl (C=O) groups excluding carboxylic acids is 1. The molecule has 0 spiro atoms. The summed E-state index contributed by atoms with van der Waals surface area (Å²) in [6.07, 6.45) is 3.39. The minimum absolute atomic E-state index is 0.0251. The molecule has 7 nitrogen and oxygen atoms in total. The van der Waals surface area contributed by atoms with Gasteiger partial charge in [0.15, 0.2) is 6.61 Å². The summed E-state index contributed by atoms with van der Waals surface area (Å²) in [6, 6.07) is 7.85. The zero-order valence-electron chi connectivity index (χ0n) is 14.0. The molecule has 25 heavy (non-hydrogen) atoms. The van der Waals surface area contributed by atoms with Gasteiger partial charge in [0.1, 0.15) is 23.5 Å². The predicted octanol–water partition coefficient (Wildman–Crippen LogP) is 3.10. The average molecular weight is 337 g/mol. The van der Waals surface area contributed by atoms with Gasteiger partial charge in [-0.3, -0.25) is 4.79 Å². The predicted molar refractivity (Wildman–Crippen MR) is 95.7 cm³/mol. The summed E-state index contributed by atoms with van der Waals surface area (Å²) in [7, 11) is 0. The second kappa shape index (κ2) is 6.08. The van der Waals surface area contributed by atoms with Crippen molar-refractivity contribution in [1.29, 1.82) is 0 Å². The Kier molecular flexibility index (Phi) is 3.76. The monoisotopic (exact) mass is 337 g/mol. The van der Waals surface area contributed by atoms with E-state index in [1.165, 1.54) is 0 Å². The number of H-pyrrole nitrogens is 1. The summed E-state index contributed by atoms with van der Waals surface area (Å²) < 4.78 is 5.44. The van der Waals surface area contributed by atoms with Crippen molar-refractivity contribution in [3.63, 3.8) is 0 Å². The number of aromatic nitrogens is 3. The van der Waals surface area contributed by atoms with Crippen molar-refractivity contribution in [3.8, 4) is 5.75 Å². The Morgan fingerprint density at radius 2 is 2.12 bits per heavy atom.